The van der Waals surface area contributed by atoms with Crippen LogP contribution < -0.4 is 4.90 Å². The minimum atomic E-state index is -1.46. The first kappa shape index (κ1) is 14.5. The zero-order valence-corrected chi connectivity index (χ0v) is 12.6. The van der Waals surface area contributed by atoms with Gasteiger partial charge in [-0.15, -0.1) is 0 Å². The normalized spacial score (nSPS) is 20.8. The van der Waals surface area contributed by atoms with Gasteiger partial charge in [-0.05, 0) is 35.0 Å². The second-order valence-electron chi connectivity index (χ2n) is 4.64. The van der Waals surface area contributed by atoms with Crippen LogP contribution in [0.4, 0.5) is 5.69 Å². The van der Waals surface area contributed by atoms with E-state index in [2.05, 4.69) is 15.9 Å². The van der Waals surface area contributed by atoms with Gasteiger partial charge in [-0.1, -0.05) is 0 Å². The predicted molar refractivity (Wildman–Crippen MR) is 73.9 cm³/mol. The van der Waals surface area contributed by atoms with E-state index in [-0.39, 0.29) is 5.56 Å². The van der Waals surface area contributed by atoms with E-state index in [0.717, 1.165) is 0 Å². The van der Waals surface area contributed by atoms with E-state index < -0.39 is 23.3 Å². The number of benzene rings is 1. The Balaban J connectivity index is 2.74. The number of amides is 1. The van der Waals surface area contributed by atoms with Crippen LogP contribution in [0.5, 0.6) is 0 Å². The summed E-state index contributed by atoms with van der Waals surface area (Å²) in [5.41, 5.74) is -0.618. The summed E-state index contributed by atoms with van der Waals surface area (Å²) in [6.07, 6.45) is 0. The van der Waals surface area contributed by atoms with Crippen molar-refractivity contribution in [1.29, 1.82) is 0 Å². The van der Waals surface area contributed by atoms with Crippen molar-refractivity contribution in [2.75, 3.05) is 19.1 Å². The lowest BCUT2D eigenvalue weighted by atomic mass is 9.83. The Hall–Kier alpha value is -1.89. The Morgan fingerprint density at radius 3 is 2.50 bits per heavy atom. The highest BCUT2D eigenvalue weighted by molar-refractivity contribution is 9.10. The molecule has 0 saturated heterocycles. The summed E-state index contributed by atoms with van der Waals surface area (Å²) in [5.74, 6) is -2.25. The number of halogens is 1. The fraction of sp³-hybridized carbons (Fsp3) is 0.308. The Morgan fingerprint density at radius 2 is 2.00 bits per heavy atom. The number of likely N-dealkylation sites (N-methyl/N-ethyl adjacent to an activating group) is 1. The van der Waals surface area contributed by atoms with Crippen molar-refractivity contribution in [2.45, 2.75) is 12.3 Å². The van der Waals surface area contributed by atoms with E-state index in [1.54, 1.807) is 0 Å². The maximum Gasteiger partial charge on any atom is 0.336 e. The van der Waals surface area contributed by atoms with Gasteiger partial charge < -0.3 is 14.7 Å². The quantitative estimate of drug-likeness (QED) is 0.651. The smallest absolute Gasteiger partial charge is 0.336 e. The van der Waals surface area contributed by atoms with Crippen LogP contribution in [0, 0.1) is 0 Å². The summed E-state index contributed by atoms with van der Waals surface area (Å²) >= 11 is 3.15. The first-order valence-electron chi connectivity index (χ1n) is 5.69. The van der Waals surface area contributed by atoms with Crippen LogP contribution in [0.15, 0.2) is 16.6 Å². The molecule has 1 N–H and O–H groups in total. The fourth-order valence-electron chi connectivity index (χ4n) is 2.37. The average molecular weight is 342 g/mol. The lowest BCUT2D eigenvalue weighted by molar-refractivity contribution is -0.150. The molecule has 0 saturated carbocycles. The lowest BCUT2D eigenvalue weighted by Gasteiger charge is -2.19. The van der Waals surface area contributed by atoms with Gasteiger partial charge in [0.1, 0.15) is 0 Å². The standard InChI is InChI=1S/C13H12BrNO5/c1-13(12(19)20-3)7-5-8(14)6(10(16)17)4-9(7)15(2)11(13)18/h4-5H,1-3H3,(H,16,17). The van der Waals surface area contributed by atoms with Crippen LogP contribution in [0.2, 0.25) is 0 Å². The Kier molecular flexibility index (Phi) is 3.33. The molecule has 1 aliphatic rings. The number of carbonyl (C=O) groups is 3. The number of anilines is 1. The molecule has 106 valence electrons. The van der Waals surface area contributed by atoms with Crippen molar-refractivity contribution in [3.05, 3.63) is 27.7 Å². The molecule has 0 aromatic heterocycles. The van der Waals surface area contributed by atoms with Crippen molar-refractivity contribution in [3.63, 3.8) is 0 Å². The summed E-state index contributed by atoms with van der Waals surface area (Å²) in [7, 11) is 2.70. The third-order valence-corrected chi connectivity index (χ3v) is 4.20. The third-order valence-electron chi connectivity index (χ3n) is 3.54. The van der Waals surface area contributed by atoms with Crippen molar-refractivity contribution in [1.82, 2.24) is 0 Å². The number of carboxylic acids is 1. The zero-order chi connectivity index (χ0) is 15.2. The molecule has 1 aromatic rings. The van der Waals surface area contributed by atoms with Crippen LogP contribution in [-0.2, 0) is 19.7 Å². The number of aromatic carboxylic acids is 1. The SMILES string of the molecule is COC(=O)C1(C)C(=O)N(C)c2cc(C(=O)O)c(Br)cc21. The molecule has 20 heavy (non-hydrogen) atoms. The molecule has 1 aliphatic heterocycles. The van der Waals surface area contributed by atoms with Crippen LogP contribution in [-0.4, -0.2) is 37.1 Å². The molecule has 1 atom stereocenters. The number of ether oxygens (including phenoxy) is 1. The van der Waals surface area contributed by atoms with Crippen LogP contribution >= 0.6 is 15.9 Å². The second kappa shape index (κ2) is 4.59. The monoisotopic (exact) mass is 341 g/mol. The predicted octanol–water partition coefficient (Wildman–Crippen LogP) is 1.55. The molecule has 1 heterocycles. The van der Waals surface area contributed by atoms with Gasteiger partial charge in [0, 0.05) is 22.8 Å². The van der Waals surface area contributed by atoms with Crippen molar-refractivity contribution in [3.8, 4) is 0 Å². The molecule has 1 aromatic carbocycles. The van der Waals surface area contributed by atoms with Crippen molar-refractivity contribution >= 4 is 39.5 Å². The number of hydrogen-bond acceptors (Lipinski definition) is 4. The third kappa shape index (κ3) is 1.73. The molecule has 0 fully saturated rings. The van der Waals surface area contributed by atoms with Gasteiger partial charge in [-0.2, -0.15) is 0 Å². The van der Waals surface area contributed by atoms with Crippen molar-refractivity contribution < 1.29 is 24.2 Å². The molecule has 0 aliphatic carbocycles. The van der Waals surface area contributed by atoms with E-state index >= 15 is 0 Å². The largest absolute Gasteiger partial charge is 0.478 e. The molecular formula is C13H12BrNO5. The number of fused-ring (bicyclic) bond motifs is 1. The number of nitrogens with zero attached hydrogens (tertiary/aromatic N) is 1. The Labute approximate surface area is 123 Å². The molecule has 0 radical (unpaired) electrons. The summed E-state index contributed by atoms with van der Waals surface area (Å²) in [6.45, 7) is 1.47. The van der Waals surface area contributed by atoms with Gasteiger partial charge in [0.2, 0.25) is 5.91 Å². The van der Waals surface area contributed by atoms with Crippen molar-refractivity contribution in [2.24, 2.45) is 0 Å². The second-order valence-corrected chi connectivity index (χ2v) is 5.49. The summed E-state index contributed by atoms with van der Waals surface area (Å²) in [5, 5.41) is 9.11. The lowest BCUT2D eigenvalue weighted by Crippen LogP contribution is -2.43. The molecule has 6 nitrogen and oxygen atoms in total. The van der Waals surface area contributed by atoms with Crippen LogP contribution in [0.1, 0.15) is 22.8 Å². The number of methoxy groups -OCH3 is 1. The molecule has 1 amide bonds. The van der Waals surface area contributed by atoms with E-state index in [4.69, 9.17) is 9.84 Å². The van der Waals surface area contributed by atoms with Gasteiger partial charge in [0.05, 0.1) is 12.7 Å². The van der Waals surface area contributed by atoms with Gasteiger partial charge in [0.25, 0.3) is 0 Å². The molecule has 2 rings (SSSR count). The number of carboxylic acid groups (broad SMARTS) is 1. The first-order chi connectivity index (χ1) is 9.25. The number of carbonyl (C=O) groups excluding carboxylic acids is 2. The van der Waals surface area contributed by atoms with Crippen LogP contribution in [0.25, 0.3) is 0 Å². The molecule has 1 unspecified atom stereocenters. The highest BCUT2D eigenvalue weighted by atomic mass is 79.9. The van der Waals surface area contributed by atoms with E-state index in [0.29, 0.717) is 15.7 Å². The van der Waals surface area contributed by atoms with E-state index in [1.165, 1.54) is 38.1 Å². The molecular weight excluding hydrogens is 330 g/mol. The molecule has 0 bridgehead atoms. The maximum absolute atomic E-state index is 12.3. The highest BCUT2D eigenvalue weighted by Crippen LogP contribution is 2.44. The average Bonchev–Trinajstić information content (AvgIpc) is 2.59. The maximum atomic E-state index is 12.3. The van der Waals surface area contributed by atoms with Gasteiger partial charge in [-0.25, -0.2) is 4.79 Å². The summed E-state index contributed by atoms with van der Waals surface area (Å²) in [6, 6.07) is 2.85. The summed E-state index contributed by atoms with van der Waals surface area (Å²) in [4.78, 5) is 36.7. The van der Waals surface area contributed by atoms with E-state index in [1.807, 2.05) is 0 Å². The van der Waals surface area contributed by atoms with Gasteiger partial charge in [0.15, 0.2) is 5.41 Å². The van der Waals surface area contributed by atoms with E-state index in [9.17, 15) is 14.4 Å². The van der Waals surface area contributed by atoms with Crippen LogP contribution in [0.3, 0.4) is 0 Å². The molecule has 0 spiro atoms. The summed E-state index contributed by atoms with van der Waals surface area (Å²) < 4.78 is 5.02. The van der Waals surface area contributed by atoms with Gasteiger partial charge >= 0.3 is 11.9 Å². The first-order valence-corrected chi connectivity index (χ1v) is 6.48. The van der Waals surface area contributed by atoms with Gasteiger partial charge in [-0.3, -0.25) is 9.59 Å². The number of rotatable bonds is 2. The zero-order valence-electron chi connectivity index (χ0n) is 11.1. The topological polar surface area (TPSA) is 83.9 Å². The fourth-order valence-corrected chi connectivity index (χ4v) is 2.88. The minimum Gasteiger partial charge on any atom is -0.478 e. The molecule has 7 heteroatoms. The number of esters is 1. The Morgan fingerprint density at radius 1 is 1.40 bits per heavy atom. The number of hydrogen-bond donors (Lipinski definition) is 1. The Bertz CT molecular complexity index is 642. The minimum absolute atomic E-state index is 0.0255. The highest BCUT2D eigenvalue weighted by Gasteiger charge is 2.53.